The van der Waals surface area contributed by atoms with Crippen molar-refractivity contribution in [2.75, 3.05) is 18.7 Å². The maximum atomic E-state index is 11.7. The number of aromatic nitrogens is 2. The molecule has 0 atom stereocenters. The molecule has 0 amide bonds. The third kappa shape index (κ3) is 3.99. The second-order valence-corrected chi connectivity index (χ2v) is 10.8. The van der Waals surface area contributed by atoms with E-state index in [2.05, 4.69) is 22.4 Å². The van der Waals surface area contributed by atoms with Gasteiger partial charge in [0.1, 0.15) is 5.75 Å². The van der Waals surface area contributed by atoms with Gasteiger partial charge in [0.15, 0.2) is 9.84 Å². The normalized spacial score (nSPS) is 12.7. The predicted molar refractivity (Wildman–Crippen MR) is 128 cm³/mol. The molecule has 0 spiro atoms. The van der Waals surface area contributed by atoms with E-state index in [0.29, 0.717) is 5.95 Å². The van der Waals surface area contributed by atoms with Gasteiger partial charge in [0.25, 0.3) is 0 Å². The average molecular weight is 464 g/mol. The van der Waals surface area contributed by atoms with E-state index in [9.17, 15) is 8.42 Å². The lowest BCUT2D eigenvalue weighted by Crippen LogP contribution is -2.07. The Labute approximate surface area is 190 Å². The molecule has 0 radical (unpaired) electrons. The summed E-state index contributed by atoms with van der Waals surface area (Å²) in [6, 6.07) is 16.9. The number of hydrogen-bond donors (Lipinski definition) is 1. The van der Waals surface area contributed by atoms with Crippen LogP contribution in [0.5, 0.6) is 5.75 Å². The zero-order valence-electron chi connectivity index (χ0n) is 17.6. The van der Waals surface area contributed by atoms with E-state index >= 15 is 0 Å². The van der Waals surface area contributed by atoms with Crippen LogP contribution in [0.4, 0.5) is 11.6 Å². The molecule has 2 aromatic carbocycles. The number of nitrogens with one attached hydrogen (secondary N) is 1. The fourth-order valence-electron chi connectivity index (χ4n) is 3.78. The van der Waals surface area contributed by atoms with Crippen LogP contribution in [0.3, 0.4) is 0 Å². The Morgan fingerprint density at radius 2 is 1.88 bits per heavy atom. The van der Waals surface area contributed by atoms with Gasteiger partial charge in [-0.15, -0.1) is 11.3 Å². The number of rotatable bonds is 5. The summed E-state index contributed by atoms with van der Waals surface area (Å²) in [7, 11) is -1.55. The van der Waals surface area contributed by atoms with Crippen LogP contribution < -0.4 is 10.1 Å². The van der Waals surface area contributed by atoms with Crippen LogP contribution in [-0.4, -0.2) is 31.8 Å². The van der Waals surface area contributed by atoms with E-state index in [0.717, 1.165) is 46.7 Å². The predicted octanol–water partition coefficient (Wildman–Crippen LogP) is 5.13. The molecule has 5 rings (SSSR count). The second-order valence-electron chi connectivity index (χ2n) is 7.67. The number of sulfone groups is 1. The molecule has 6 nitrogen and oxygen atoms in total. The molecule has 1 N–H and O–H groups in total. The van der Waals surface area contributed by atoms with Gasteiger partial charge in [0, 0.05) is 33.5 Å². The minimum atomic E-state index is -3.23. The standard InChI is InChI=1S/C24H21N3O3S2/c1-30-18-5-3-4-15(12-18)22-13-20-21(31-22)11-6-16-14-25-24(27-23(16)20)26-17-7-9-19(10-8-17)32(2,28)29/h3-5,7-10,12-14H,6,11H2,1-2H3,(H,25,26,27). The van der Waals surface area contributed by atoms with Crippen molar-refractivity contribution >= 4 is 32.8 Å². The third-order valence-electron chi connectivity index (χ3n) is 5.44. The van der Waals surface area contributed by atoms with Gasteiger partial charge in [-0.05, 0) is 66.4 Å². The third-order valence-corrected chi connectivity index (χ3v) is 7.82. The zero-order chi connectivity index (χ0) is 22.3. The van der Waals surface area contributed by atoms with E-state index < -0.39 is 9.84 Å². The molecule has 0 bridgehead atoms. The molecule has 1 aliphatic rings. The first kappa shape index (κ1) is 20.7. The molecule has 0 saturated heterocycles. The fraction of sp³-hybridized carbons (Fsp3) is 0.167. The van der Waals surface area contributed by atoms with Gasteiger partial charge in [0.05, 0.1) is 17.7 Å². The summed E-state index contributed by atoms with van der Waals surface area (Å²) >= 11 is 1.79. The van der Waals surface area contributed by atoms with Crippen molar-refractivity contribution in [1.29, 1.82) is 0 Å². The highest BCUT2D eigenvalue weighted by Gasteiger charge is 2.22. The Hall–Kier alpha value is -3.23. The highest BCUT2D eigenvalue weighted by molar-refractivity contribution is 7.90. The van der Waals surface area contributed by atoms with Crippen LogP contribution in [0, 0.1) is 0 Å². The number of nitrogens with zero attached hydrogens (tertiary/aromatic N) is 2. The Morgan fingerprint density at radius 1 is 1.06 bits per heavy atom. The van der Waals surface area contributed by atoms with Crippen LogP contribution in [-0.2, 0) is 22.7 Å². The Morgan fingerprint density at radius 3 is 2.62 bits per heavy atom. The molecule has 4 aromatic rings. The van der Waals surface area contributed by atoms with Crippen molar-refractivity contribution in [2.24, 2.45) is 0 Å². The molecule has 2 heterocycles. The number of benzene rings is 2. The first-order valence-corrected chi connectivity index (χ1v) is 12.8. The lowest BCUT2D eigenvalue weighted by molar-refractivity contribution is 0.415. The number of thiophene rings is 1. The maximum Gasteiger partial charge on any atom is 0.227 e. The largest absolute Gasteiger partial charge is 0.497 e. The van der Waals surface area contributed by atoms with Gasteiger partial charge in [-0.2, -0.15) is 0 Å². The minimum Gasteiger partial charge on any atom is -0.497 e. The summed E-state index contributed by atoms with van der Waals surface area (Å²) < 4.78 is 28.7. The van der Waals surface area contributed by atoms with Gasteiger partial charge in [-0.1, -0.05) is 12.1 Å². The fourth-order valence-corrected chi connectivity index (χ4v) is 5.57. The molecule has 162 valence electrons. The first-order valence-electron chi connectivity index (χ1n) is 10.1. The molecule has 32 heavy (non-hydrogen) atoms. The van der Waals surface area contributed by atoms with Crippen molar-refractivity contribution in [2.45, 2.75) is 17.7 Å². The SMILES string of the molecule is COc1cccc(-c2cc3c(s2)CCc2cnc(Nc4ccc(S(C)(=O)=O)cc4)nc2-3)c1. The number of anilines is 2. The summed E-state index contributed by atoms with van der Waals surface area (Å²) in [6.45, 7) is 0. The lowest BCUT2D eigenvalue weighted by atomic mass is 9.96. The van der Waals surface area contributed by atoms with E-state index in [1.54, 1.807) is 42.7 Å². The van der Waals surface area contributed by atoms with Crippen molar-refractivity contribution < 1.29 is 13.2 Å². The topological polar surface area (TPSA) is 81.2 Å². The number of methoxy groups -OCH3 is 1. The van der Waals surface area contributed by atoms with Crippen LogP contribution >= 0.6 is 11.3 Å². The van der Waals surface area contributed by atoms with E-state index in [-0.39, 0.29) is 4.90 Å². The molecule has 0 saturated carbocycles. The van der Waals surface area contributed by atoms with Gasteiger partial charge in [-0.3, -0.25) is 0 Å². The number of ether oxygens (including phenoxy) is 1. The van der Waals surface area contributed by atoms with Crippen molar-refractivity contribution in [3.63, 3.8) is 0 Å². The maximum absolute atomic E-state index is 11.7. The Balaban J connectivity index is 1.46. The number of aryl methyl sites for hydroxylation is 2. The summed E-state index contributed by atoms with van der Waals surface area (Å²) in [6.07, 6.45) is 4.95. The minimum absolute atomic E-state index is 0.280. The van der Waals surface area contributed by atoms with Gasteiger partial charge in [0.2, 0.25) is 5.95 Å². The Kier molecular flexibility index (Phi) is 5.19. The van der Waals surface area contributed by atoms with Crippen LogP contribution in [0.1, 0.15) is 10.4 Å². The molecule has 0 aliphatic heterocycles. The molecule has 0 unspecified atom stereocenters. The van der Waals surface area contributed by atoms with Crippen molar-refractivity contribution in [3.8, 4) is 27.4 Å². The van der Waals surface area contributed by atoms with Crippen LogP contribution in [0.25, 0.3) is 21.7 Å². The molecule has 2 aromatic heterocycles. The smallest absolute Gasteiger partial charge is 0.227 e. The lowest BCUT2D eigenvalue weighted by Gasteiger charge is -2.16. The summed E-state index contributed by atoms with van der Waals surface area (Å²) in [5.74, 6) is 1.32. The quantitative estimate of drug-likeness (QED) is 0.442. The second kappa shape index (κ2) is 8.03. The highest BCUT2D eigenvalue weighted by Crippen LogP contribution is 2.42. The first-order chi connectivity index (χ1) is 15.4. The van der Waals surface area contributed by atoms with Gasteiger partial charge < -0.3 is 10.1 Å². The van der Waals surface area contributed by atoms with E-state index in [1.807, 2.05) is 24.4 Å². The van der Waals surface area contributed by atoms with Crippen molar-refractivity contribution in [1.82, 2.24) is 9.97 Å². The summed E-state index contributed by atoms with van der Waals surface area (Å²) in [5.41, 5.74) is 5.08. The van der Waals surface area contributed by atoms with Crippen LogP contribution in [0.2, 0.25) is 0 Å². The Bertz CT molecular complexity index is 1410. The zero-order valence-corrected chi connectivity index (χ0v) is 19.3. The molecule has 1 aliphatic carbocycles. The average Bonchev–Trinajstić information content (AvgIpc) is 3.24. The summed E-state index contributed by atoms with van der Waals surface area (Å²) in [5, 5.41) is 3.19. The molecular weight excluding hydrogens is 442 g/mol. The van der Waals surface area contributed by atoms with Gasteiger partial charge >= 0.3 is 0 Å². The monoisotopic (exact) mass is 463 g/mol. The van der Waals surface area contributed by atoms with Crippen LogP contribution in [0.15, 0.2) is 65.7 Å². The molecular formula is C24H21N3O3S2. The van der Waals surface area contributed by atoms with E-state index in [4.69, 9.17) is 9.72 Å². The highest BCUT2D eigenvalue weighted by atomic mass is 32.2. The molecule has 0 fully saturated rings. The molecule has 8 heteroatoms. The summed E-state index contributed by atoms with van der Waals surface area (Å²) in [4.78, 5) is 12.1. The van der Waals surface area contributed by atoms with Gasteiger partial charge in [-0.25, -0.2) is 18.4 Å². The van der Waals surface area contributed by atoms with Crippen molar-refractivity contribution in [3.05, 3.63) is 71.2 Å². The number of fused-ring (bicyclic) bond motifs is 3. The number of hydrogen-bond acceptors (Lipinski definition) is 7. The van der Waals surface area contributed by atoms with E-state index in [1.165, 1.54) is 16.0 Å².